The fourth-order valence-electron chi connectivity index (χ4n) is 21.6. The first-order valence-corrected chi connectivity index (χ1v) is 56.5. The van der Waals surface area contributed by atoms with E-state index < -0.39 is 0 Å². The minimum Gasteiger partial charge on any atom is -0.0654 e. The molecule has 0 N–H and O–H groups in total. The molecule has 0 saturated heterocycles. The lowest BCUT2D eigenvalue weighted by Gasteiger charge is -2.56. The van der Waals surface area contributed by atoms with E-state index in [1.807, 2.05) is 0 Å². The van der Waals surface area contributed by atoms with Crippen LogP contribution in [0.5, 0.6) is 0 Å². The zero-order valence-electron chi connectivity index (χ0n) is 82.3. The van der Waals surface area contributed by atoms with Gasteiger partial charge in [-0.1, -0.05) is 672 Å². The van der Waals surface area contributed by atoms with E-state index in [0.717, 1.165) is 11.8 Å². The zero-order valence-corrected chi connectivity index (χ0v) is 82.3. The summed E-state index contributed by atoms with van der Waals surface area (Å²) in [5.74, 6) is 1.86. The average molecular weight is 1600 g/mol. The summed E-state index contributed by atoms with van der Waals surface area (Å²) in [5.41, 5.74) is 0.985. The highest BCUT2D eigenvalue weighted by atomic mass is 14.6. The van der Waals surface area contributed by atoms with Crippen LogP contribution >= 0.6 is 0 Å². The highest BCUT2D eigenvalue weighted by Crippen LogP contribution is 2.61. The van der Waals surface area contributed by atoms with Crippen LogP contribution in [-0.4, -0.2) is 0 Å². The van der Waals surface area contributed by atoms with Crippen molar-refractivity contribution >= 4 is 0 Å². The van der Waals surface area contributed by atoms with Crippen LogP contribution in [0.3, 0.4) is 0 Å². The Morgan fingerprint density at radius 1 is 0.105 bits per heavy atom. The summed E-state index contributed by atoms with van der Waals surface area (Å²) in [6, 6.07) is 0. The van der Waals surface area contributed by atoms with Crippen molar-refractivity contribution in [3.8, 4) is 0 Å². The first-order valence-electron chi connectivity index (χ1n) is 56.5. The molecule has 0 aliphatic rings. The third-order valence-corrected chi connectivity index (χ3v) is 29.4. The predicted molar refractivity (Wildman–Crippen MR) is 528 cm³/mol. The van der Waals surface area contributed by atoms with Crippen LogP contribution in [0, 0.1) is 22.7 Å². The number of hydrogen-bond acceptors (Lipinski definition) is 0. The molecule has 0 aliphatic heterocycles. The fourth-order valence-corrected chi connectivity index (χ4v) is 21.6. The van der Waals surface area contributed by atoms with Gasteiger partial charge in [-0.2, -0.15) is 0 Å². The van der Waals surface area contributed by atoms with E-state index in [2.05, 4.69) is 55.4 Å². The molecule has 4 atom stereocenters. The lowest BCUT2D eigenvalue weighted by Crippen LogP contribution is -2.45. The molecule has 0 bridgehead atoms. The molecule has 0 aromatic rings. The molecule has 0 rings (SSSR count). The Kier molecular flexibility index (Phi) is 98.4. The highest BCUT2D eigenvalue weighted by Gasteiger charge is 2.50. The summed E-state index contributed by atoms with van der Waals surface area (Å²) >= 11 is 0. The quantitative estimate of drug-likeness (QED) is 0.0533. The van der Waals surface area contributed by atoms with Gasteiger partial charge < -0.3 is 0 Å². The Balaban J connectivity index is 7.21. The maximum atomic E-state index is 2.55. The lowest BCUT2D eigenvalue weighted by atomic mass is 9.49. The van der Waals surface area contributed by atoms with Gasteiger partial charge in [0, 0.05) is 0 Å². The summed E-state index contributed by atoms with van der Waals surface area (Å²) in [7, 11) is 0. The van der Waals surface area contributed by atoms with Crippen LogP contribution in [0.1, 0.15) is 710 Å². The predicted octanol–water partition coefficient (Wildman–Crippen LogP) is 44.1. The zero-order chi connectivity index (χ0) is 82.3. The summed E-state index contributed by atoms with van der Waals surface area (Å²) in [5, 5.41) is 0. The van der Waals surface area contributed by atoms with Crippen LogP contribution < -0.4 is 0 Å². The van der Waals surface area contributed by atoms with Crippen molar-refractivity contribution in [3.63, 3.8) is 0 Å². The second-order valence-electron chi connectivity index (χ2n) is 40.6. The Morgan fingerprint density at radius 3 is 0.351 bits per heavy atom. The van der Waals surface area contributed by atoms with Crippen molar-refractivity contribution < 1.29 is 0 Å². The minimum atomic E-state index is 0.485. The first-order chi connectivity index (χ1) is 56.5. The molecule has 0 spiro atoms. The number of rotatable bonds is 105. The molecule has 0 heteroatoms. The number of unbranched alkanes of at least 4 members (excludes halogenated alkanes) is 84. The van der Waals surface area contributed by atoms with Crippen LogP contribution in [0.25, 0.3) is 0 Å². The van der Waals surface area contributed by atoms with Crippen LogP contribution in [0.2, 0.25) is 0 Å². The Morgan fingerprint density at radius 2 is 0.202 bits per heavy atom. The van der Waals surface area contributed by atoms with Crippen molar-refractivity contribution in [2.24, 2.45) is 22.7 Å². The van der Waals surface area contributed by atoms with Gasteiger partial charge in [0.1, 0.15) is 0 Å². The SMILES string of the molecule is CCCCCCCCCCCCCCCCCCCCCCC(CC(CCCCCC)CCCCCCCCCCCCCCCCCCCC)(CC(CCCCCCC)CCCCCCCCCCCCCCCCCCCC)C(CCCCC)(CCCCCCCC)CCCCCCCCCCCCCCCCCCCC. The highest BCUT2D eigenvalue weighted by molar-refractivity contribution is 5.01. The molecule has 114 heavy (non-hydrogen) atoms. The third-order valence-electron chi connectivity index (χ3n) is 29.4. The smallest absolute Gasteiger partial charge is 0.0236 e. The van der Waals surface area contributed by atoms with E-state index in [0.29, 0.717) is 10.8 Å². The Hall–Kier alpha value is 0. The van der Waals surface area contributed by atoms with E-state index in [9.17, 15) is 0 Å². The molecule has 0 aromatic carbocycles. The van der Waals surface area contributed by atoms with E-state index in [-0.39, 0.29) is 0 Å². The fraction of sp³-hybridized carbons (Fsp3) is 1.00. The molecular weight excluding hydrogens is 1370 g/mol. The molecule has 686 valence electrons. The van der Waals surface area contributed by atoms with E-state index in [1.54, 1.807) is 64.2 Å². The van der Waals surface area contributed by atoms with Crippen LogP contribution in [-0.2, 0) is 0 Å². The van der Waals surface area contributed by atoms with Gasteiger partial charge in [0.25, 0.3) is 0 Å². The molecule has 0 nitrogen and oxygen atoms in total. The van der Waals surface area contributed by atoms with Gasteiger partial charge in [0.05, 0.1) is 0 Å². The first kappa shape index (κ1) is 114. The molecule has 0 heterocycles. The van der Waals surface area contributed by atoms with Gasteiger partial charge in [-0.25, -0.2) is 0 Å². The topological polar surface area (TPSA) is 0 Å². The maximum Gasteiger partial charge on any atom is -0.0236 e. The van der Waals surface area contributed by atoms with E-state index in [1.165, 1.54) is 591 Å². The van der Waals surface area contributed by atoms with Crippen LogP contribution in [0.4, 0.5) is 0 Å². The summed E-state index contributed by atoms with van der Waals surface area (Å²) < 4.78 is 0. The molecule has 0 amide bonds. The van der Waals surface area contributed by atoms with Crippen molar-refractivity contribution in [2.75, 3.05) is 0 Å². The van der Waals surface area contributed by atoms with Gasteiger partial charge in [0.15, 0.2) is 0 Å². The van der Waals surface area contributed by atoms with Crippen molar-refractivity contribution in [1.82, 2.24) is 0 Å². The molecular formula is C114H230. The van der Waals surface area contributed by atoms with Gasteiger partial charge in [-0.05, 0) is 61.2 Å². The van der Waals surface area contributed by atoms with Gasteiger partial charge in [-0.15, -0.1) is 0 Å². The normalized spacial score (nSPS) is 13.6. The maximum absolute atomic E-state index is 2.55. The van der Waals surface area contributed by atoms with Crippen molar-refractivity contribution in [2.45, 2.75) is 710 Å². The molecule has 0 fully saturated rings. The standard InChI is InChI=1S/C114H230/c1-9-17-25-32-37-41-45-49-53-57-61-62-66-70-74-78-82-86-92-100-108-114(109-111(101-93-31-23-15-7)103-95-88-83-79-75-71-67-63-58-54-50-46-42-38-33-26-18-10-2,110-112(102-94-87-30-22-14-6)104-96-89-84-80-76-72-68-64-59-55-51-47-43-39-34-27-19-11-3)113(105-97-24-16-8,106-98-90-36-29-21-13-5)107-99-91-85-81-77-73-69-65-60-56-52-48-44-40-35-28-20-12-4/h111-112H,9-110H2,1-8H3. The van der Waals surface area contributed by atoms with Gasteiger partial charge in [0.2, 0.25) is 0 Å². The number of hydrogen-bond donors (Lipinski definition) is 0. The van der Waals surface area contributed by atoms with Gasteiger partial charge >= 0.3 is 0 Å². The summed E-state index contributed by atoms with van der Waals surface area (Å²) in [6.07, 6.45) is 152. The summed E-state index contributed by atoms with van der Waals surface area (Å²) in [4.78, 5) is 0. The van der Waals surface area contributed by atoms with Crippen molar-refractivity contribution in [3.05, 3.63) is 0 Å². The van der Waals surface area contributed by atoms with Crippen LogP contribution in [0.15, 0.2) is 0 Å². The van der Waals surface area contributed by atoms with E-state index in [4.69, 9.17) is 0 Å². The molecule has 0 aliphatic carbocycles. The summed E-state index contributed by atoms with van der Waals surface area (Å²) in [6.45, 7) is 19.3. The minimum absolute atomic E-state index is 0.485. The molecule has 0 radical (unpaired) electrons. The molecule has 0 saturated carbocycles. The molecule has 0 aromatic heterocycles. The van der Waals surface area contributed by atoms with Crippen molar-refractivity contribution in [1.29, 1.82) is 0 Å². The largest absolute Gasteiger partial charge is 0.0654 e. The third kappa shape index (κ3) is 80.4. The molecule has 4 unspecified atom stereocenters. The van der Waals surface area contributed by atoms with E-state index >= 15 is 0 Å². The van der Waals surface area contributed by atoms with Gasteiger partial charge in [-0.3, -0.25) is 0 Å². The second-order valence-corrected chi connectivity index (χ2v) is 40.6. The average Bonchev–Trinajstić information content (AvgIpc) is 0.758. The Labute approximate surface area is 728 Å². The monoisotopic (exact) mass is 1600 g/mol. The second kappa shape index (κ2) is 98.4. The Bertz CT molecular complexity index is 1660. The lowest BCUT2D eigenvalue weighted by molar-refractivity contribution is -0.0543.